The Morgan fingerprint density at radius 1 is 1.04 bits per heavy atom. The van der Waals surface area contributed by atoms with Gasteiger partial charge in [0.05, 0.1) is 24.1 Å². The molecule has 2 amide bonds. The molecule has 2 aromatic carbocycles. The zero-order chi connectivity index (χ0) is 20.3. The van der Waals surface area contributed by atoms with Gasteiger partial charge in [0.1, 0.15) is 5.75 Å². The van der Waals surface area contributed by atoms with Crippen LogP contribution in [-0.4, -0.2) is 54.9 Å². The highest BCUT2D eigenvalue weighted by Crippen LogP contribution is 2.22. The van der Waals surface area contributed by atoms with Crippen LogP contribution in [0.15, 0.2) is 36.4 Å². The van der Waals surface area contributed by atoms with E-state index in [4.69, 9.17) is 16.3 Å². The molecule has 0 aromatic heterocycles. The molecule has 0 radical (unpaired) electrons. The van der Waals surface area contributed by atoms with Crippen LogP contribution >= 0.6 is 11.6 Å². The highest BCUT2D eigenvalue weighted by Gasteiger charge is 2.26. The second kappa shape index (κ2) is 8.56. The predicted octanol–water partition coefficient (Wildman–Crippen LogP) is 3.15. The molecule has 0 aliphatic carbocycles. The Morgan fingerprint density at radius 2 is 1.68 bits per heavy atom. The van der Waals surface area contributed by atoms with Crippen LogP contribution in [0.5, 0.6) is 5.75 Å². The van der Waals surface area contributed by atoms with Gasteiger partial charge < -0.3 is 14.5 Å². The Kier molecular flexibility index (Phi) is 6.14. The topological polar surface area (TPSA) is 49.9 Å². The lowest BCUT2D eigenvalue weighted by Crippen LogP contribution is -2.51. The summed E-state index contributed by atoms with van der Waals surface area (Å²) >= 11 is 5.88. The van der Waals surface area contributed by atoms with Crippen molar-refractivity contribution >= 4 is 23.4 Å². The Balaban J connectivity index is 1.60. The number of carbonyl (C=O) groups is 2. The van der Waals surface area contributed by atoms with E-state index in [0.717, 1.165) is 17.7 Å². The van der Waals surface area contributed by atoms with Crippen molar-refractivity contribution in [2.24, 2.45) is 0 Å². The normalized spacial score (nSPS) is 14.1. The Morgan fingerprint density at radius 3 is 2.36 bits per heavy atom. The van der Waals surface area contributed by atoms with E-state index in [2.05, 4.69) is 0 Å². The molecule has 1 aliphatic rings. The van der Waals surface area contributed by atoms with E-state index in [1.165, 1.54) is 4.90 Å². The first kappa shape index (κ1) is 20.1. The van der Waals surface area contributed by atoms with Crippen molar-refractivity contribution in [3.63, 3.8) is 0 Å². The van der Waals surface area contributed by atoms with E-state index < -0.39 is 17.5 Å². The van der Waals surface area contributed by atoms with Crippen molar-refractivity contribution in [2.45, 2.75) is 6.42 Å². The summed E-state index contributed by atoms with van der Waals surface area (Å²) in [4.78, 5) is 28.2. The highest BCUT2D eigenvalue weighted by molar-refractivity contribution is 6.33. The molecule has 0 bridgehead atoms. The van der Waals surface area contributed by atoms with Crippen molar-refractivity contribution in [3.8, 4) is 5.75 Å². The average molecular weight is 409 g/mol. The molecule has 0 N–H and O–H groups in total. The molecule has 0 saturated carbocycles. The SMILES string of the molecule is COc1cccc(CC(=O)N2CCN(C(=O)c3cc(F)c(F)cc3Cl)CC2)c1. The minimum atomic E-state index is -1.13. The van der Waals surface area contributed by atoms with E-state index in [0.29, 0.717) is 18.8 Å². The second-order valence-electron chi connectivity index (χ2n) is 6.45. The van der Waals surface area contributed by atoms with Gasteiger partial charge in [0, 0.05) is 26.2 Å². The van der Waals surface area contributed by atoms with Gasteiger partial charge in [0.15, 0.2) is 11.6 Å². The molecule has 0 unspecified atom stereocenters. The number of hydrogen-bond donors (Lipinski definition) is 0. The largest absolute Gasteiger partial charge is 0.497 e. The van der Waals surface area contributed by atoms with E-state index >= 15 is 0 Å². The van der Waals surface area contributed by atoms with Gasteiger partial charge in [-0.25, -0.2) is 8.78 Å². The number of amides is 2. The highest BCUT2D eigenvalue weighted by atomic mass is 35.5. The lowest BCUT2D eigenvalue weighted by molar-refractivity contribution is -0.131. The van der Waals surface area contributed by atoms with Crippen molar-refractivity contribution in [2.75, 3.05) is 33.3 Å². The Labute approximate surface area is 166 Å². The Bertz CT molecular complexity index is 899. The summed E-state index contributed by atoms with van der Waals surface area (Å²) in [6, 6.07) is 8.89. The number of methoxy groups -OCH3 is 1. The number of benzene rings is 2. The van der Waals surface area contributed by atoms with Crippen LogP contribution in [0.25, 0.3) is 0 Å². The molecule has 148 valence electrons. The number of nitrogens with zero attached hydrogens (tertiary/aromatic N) is 2. The number of hydrogen-bond acceptors (Lipinski definition) is 3. The zero-order valence-electron chi connectivity index (χ0n) is 15.3. The molecule has 1 aliphatic heterocycles. The lowest BCUT2D eigenvalue weighted by atomic mass is 10.1. The first-order chi connectivity index (χ1) is 13.4. The summed E-state index contributed by atoms with van der Waals surface area (Å²) in [5.41, 5.74) is 0.758. The molecular formula is C20H19ClF2N2O3. The molecule has 28 heavy (non-hydrogen) atoms. The fourth-order valence-corrected chi connectivity index (χ4v) is 3.32. The third kappa shape index (κ3) is 4.42. The molecule has 3 rings (SSSR count). The van der Waals surface area contributed by atoms with Gasteiger partial charge >= 0.3 is 0 Å². The van der Waals surface area contributed by atoms with Crippen LogP contribution in [0.4, 0.5) is 8.78 Å². The quantitative estimate of drug-likeness (QED) is 0.730. The van der Waals surface area contributed by atoms with Crippen molar-refractivity contribution in [1.29, 1.82) is 0 Å². The van der Waals surface area contributed by atoms with Gasteiger partial charge in [-0.05, 0) is 29.8 Å². The summed E-state index contributed by atoms with van der Waals surface area (Å²) in [6.45, 7) is 1.29. The fraction of sp³-hybridized carbons (Fsp3) is 0.300. The molecule has 1 heterocycles. The smallest absolute Gasteiger partial charge is 0.255 e. The molecule has 0 atom stereocenters. The lowest BCUT2D eigenvalue weighted by Gasteiger charge is -2.35. The van der Waals surface area contributed by atoms with Gasteiger partial charge in [0.2, 0.25) is 5.91 Å². The number of piperazine rings is 1. The first-order valence-electron chi connectivity index (χ1n) is 8.73. The minimum Gasteiger partial charge on any atom is -0.497 e. The van der Waals surface area contributed by atoms with Gasteiger partial charge in [-0.15, -0.1) is 0 Å². The molecule has 1 saturated heterocycles. The molecular weight excluding hydrogens is 390 g/mol. The van der Waals surface area contributed by atoms with Crippen LogP contribution in [0.1, 0.15) is 15.9 Å². The predicted molar refractivity (Wildman–Crippen MR) is 101 cm³/mol. The standard InChI is InChI=1S/C20H19ClF2N2O3/c1-28-14-4-2-3-13(9-14)10-19(26)24-5-7-25(8-6-24)20(27)15-11-17(22)18(23)12-16(15)21/h2-4,9,11-12H,5-8,10H2,1H3. The summed E-state index contributed by atoms with van der Waals surface area (Å²) in [7, 11) is 1.57. The zero-order valence-corrected chi connectivity index (χ0v) is 16.0. The van der Waals surface area contributed by atoms with Crippen molar-refractivity contribution in [3.05, 3.63) is 64.2 Å². The molecule has 2 aromatic rings. The average Bonchev–Trinajstić information content (AvgIpc) is 2.70. The summed E-state index contributed by atoms with van der Waals surface area (Å²) in [5.74, 6) is -2.08. The van der Waals surface area contributed by atoms with Gasteiger partial charge in [-0.2, -0.15) is 0 Å². The van der Waals surface area contributed by atoms with Crippen LogP contribution < -0.4 is 4.74 Å². The van der Waals surface area contributed by atoms with Crippen molar-refractivity contribution < 1.29 is 23.1 Å². The van der Waals surface area contributed by atoms with Crippen LogP contribution in [-0.2, 0) is 11.2 Å². The fourth-order valence-electron chi connectivity index (χ4n) is 3.08. The molecule has 0 spiro atoms. The monoisotopic (exact) mass is 408 g/mol. The van der Waals surface area contributed by atoms with Crippen LogP contribution in [0.2, 0.25) is 5.02 Å². The third-order valence-corrected chi connectivity index (χ3v) is 4.96. The number of rotatable bonds is 4. The number of halogens is 3. The maximum atomic E-state index is 13.4. The number of carbonyl (C=O) groups excluding carboxylic acids is 2. The number of ether oxygens (including phenoxy) is 1. The summed E-state index contributed by atoms with van der Waals surface area (Å²) in [5, 5.41) is -0.138. The molecule has 5 nitrogen and oxygen atoms in total. The van der Waals surface area contributed by atoms with Crippen LogP contribution in [0.3, 0.4) is 0 Å². The second-order valence-corrected chi connectivity index (χ2v) is 6.85. The summed E-state index contributed by atoms with van der Waals surface area (Å²) in [6.07, 6.45) is 0.236. The maximum Gasteiger partial charge on any atom is 0.255 e. The van der Waals surface area contributed by atoms with Crippen LogP contribution in [0, 0.1) is 11.6 Å². The van der Waals surface area contributed by atoms with Gasteiger partial charge in [-0.1, -0.05) is 23.7 Å². The van der Waals surface area contributed by atoms with Crippen molar-refractivity contribution in [1.82, 2.24) is 9.80 Å². The van der Waals surface area contributed by atoms with E-state index in [1.807, 2.05) is 24.3 Å². The van der Waals surface area contributed by atoms with Gasteiger partial charge in [0.25, 0.3) is 5.91 Å². The third-order valence-electron chi connectivity index (χ3n) is 4.65. The van der Waals surface area contributed by atoms with E-state index in [-0.39, 0.29) is 36.0 Å². The maximum absolute atomic E-state index is 13.4. The molecule has 1 fully saturated rings. The van der Waals surface area contributed by atoms with E-state index in [9.17, 15) is 18.4 Å². The Hall–Kier alpha value is -2.67. The summed E-state index contributed by atoms with van der Waals surface area (Å²) < 4.78 is 31.8. The minimum absolute atomic E-state index is 0.0498. The molecule has 8 heteroatoms. The first-order valence-corrected chi connectivity index (χ1v) is 9.11. The van der Waals surface area contributed by atoms with Gasteiger partial charge in [-0.3, -0.25) is 9.59 Å². The van der Waals surface area contributed by atoms with E-state index in [1.54, 1.807) is 12.0 Å².